The maximum absolute atomic E-state index is 12.4. The number of imide groups is 1. The zero-order chi connectivity index (χ0) is 20.3. The number of urea groups is 1. The summed E-state index contributed by atoms with van der Waals surface area (Å²) >= 11 is 0. The van der Waals surface area contributed by atoms with Crippen molar-refractivity contribution in [1.82, 2.24) is 10.6 Å². The van der Waals surface area contributed by atoms with Gasteiger partial charge in [-0.15, -0.1) is 0 Å². The first-order valence-corrected chi connectivity index (χ1v) is 8.60. The SMILES string of the molecule is COc1ccc(CC(=O)Nc2cccc(C3(C)NC(=O)NC3=O)c2)cc1OC. The highest BCUT2D eigenvalue weighted by molar-refractivity contribution is 6.07. The highest BCUT2D eigenvalue weighted by atomic mass is 16.5. The number of hydrogen-bond donors (Lipinski definition) is 3. The summed E-state index contributed by atoms with van der Waals surface area (Å²) < 4.78 is 10.4. The summed E-state index contributed by atoms with van der Waals surface area (Å²) in [5.74, 6) is 0.468. The molecule has 1 heterocycles. The second-order valence-electron chi connectivity index (χ2n) is 6.53. The van der Waals surface area contributed by atoms with E-state index in [2.05, 4.69) is 16.0 Å². The first-order valence-electron chi connectivity index (χ1n) is 8.60. The van der Waals surface area contributed by atoms with Gasteiger partial charge in [-0.1, -0.05) is 18.2 Å². The van der Waals surface area contributed by atoms with Gasteiger partial charge in [0.1, 0.15) is 5.54 Å². The van der Waals surface area contributed by atoms with Crippen LogP contribution in [0.25, 0.3) is 0 Å². The van der Waals surface area contributed by atoms with Crippen molar-refractivity contribution in [2.75, 3.05) is 19.5 Å². The summed E-state index contributed by atoms with van der Waals surface area (Å²) in [5, 5.41) is 7.63. The third kappa shape index (κ3) is 3.75. The quantitative estimate of drug-likeness (QED) is 0.661. The average molecular weight is 383 g/mol. The highest BCUT2D eigenvalue weighted by Crippen LogP contribution is 2.28. The first kappa shape index (κ1) is 19.2. The molecule has 1 fully saturated rings. The van der Waals surface area contributed by atoms with Crippen molar-refractivity contribution in [3.05, 3.63) is 53.6 Å². The summed E-state index contributed by atoms with van der Waals surface area (Å²) in [5.41, 5.74) is 0.680. The zero-order valence-corrected chi connectivity index (χ0v) is 15.8. The molecule has 1 saturated heterocycles. The van der Waals surface area contributed by atoms with Crippen molar-refractivity contribution in [1.29, 1.82) is 0 Å². The van der Waals surface area contributed by atoms with E-state index in [4.69, 9.17) is 9.47 Å². The van der Waals surface area contributed by atoms with E-state index in [1.165, 1.54) is 7.11 Å². The topological polar surface area (TPSA) is 106 Å². The van der Waals surface area contributed by atoms with Gasteiger partial charge in [-0.3, -0.25) is 14.9 Å². The molecule has 2 aromatic rings. The van der Waals surface area contributed by atoms with Gasteiger partial charge >= 0.3 is 6.03 Å². The van der Waals surface area contributed by atoms with E-state index in [1.54, 1.807) is 56.5 Å². The lowest BCUT2D eigenvalue weighted by molar-refractivity contribution is -0.123. The van der Waals surface area contributed by atoms with Gasteiger partial charge in [0.05, 0.1) is 20.6 Å². The van der Waals surface area contributed by atoms with Crippen molar-refractivity contribution < 1.29 is 23.9 Å². The molecule has 0 saturated carbocycles. The Bertz CT molecular complexity index is 943. The van der Waals surface area contributed by atoms with Crippen LogP contribution >= 0.6 is 0 Å². The van der Waals surface area contributed by atoms with Crippen molar-refractivity contribution >= 4 is 23.5 Å². The van der Waals surface area contributed by atoms with Crippen molar-refractivity contribution in [3.8, 4) is 11.5 Å². The average Bonchev–Trinajstić information content (AvgIpc) is 2.94. The van der Waals surface area contributed by atoms with Crippen LogP contribution in [0.5, 0.6) is 11.5 Å². The molecule has 0 radical (unpaired) electrons. The van der Waals surface area contributed by atoms with E-state index in [0.717, 1.165) is 5.56 Å². The van der Waals surface area contributed by atoms with Crippen molar-refractivity contribution in [2.24, 2.45) is 0 Å². The normalized spacial score (nSPS) is 18.2. The molecule has 1 aliphatic heterocycles. The molecule has 4 amide bonds. The monoisotopic (exact) mass is 383 g/mol. The standard InChI is InChI=1S/C20H21N3O5/c1-20(18(25)22-19(26)23-20)13-5-4-6-14(11-13)21-17(24)10-12-7-8-15(27-2)16(9-12)28-3/h4-9,11H,10H2,1-3H3,(H,21,24)(H2,22,23,25,26). The number of ether oxygens (including phenoxy) is 2. The van der Waals surface area contributed by atoms with Crippen molar-refractivity contribution in [3.63, 3.8) is 0 Å². The molecule has 1 unspecified atom stereocenters. The van der Waals surface area contributed by atoms with Crippen LogP contribution < -0.4 is 25.4 Å². The Morgan fingerprint density at radius 3 is 2.46 bits per heavy atom. The molecule has 0 bridgehead atoms. The Morgan fingerprint density at radius 1 is 1.07 bits per heavy atom. The van der Waals surface area contributed by atoms with Crippen LogP contribution in [0.4, 0.5) is 10.5 Å². The van der Waals surface area contributed by atoms with Gasteiger partial charge < -0.3 is 20.1 Å². The number of nitrogens with one attached hydrogen (secondary N) is 3. The zero-order valence-electron chi connectivity index (χ0n) is 15.8. The Labute approximate surface area is 162 Å². The summed E-state index contributed by atoms with van der Waals surface area (Å²) in [7, 11) is 3.08. The van der Waals surface area contributed by atoms with Gasteiger partial charge in [0.2, 0.25) is 5.91 Å². The van der Waals surface area contributed by atoms with E-state index in [0.29, 0.717) is 22.7 Å². The molecule has 1 aliphatic rings. The number of anilines is 1. The van der Waals surface area contributed by atoms with E-state index >= 15 is 0 Å². The molecule has 1 atom stereocenters. The fraction of sp³-hybridized carbons (Fsp3) is 0.250. The second-order valence-corrected chi connectivity index (χ2v) is 6.53. The molecule has 2 aromatic carbocycles. The van der Waals surface area contributed by atoms with Crippen LogP contribution in [-0.2, 0) is 21.5 Å². The Balaban J connectivity index is 1.73. The number of amides is 4. The molecule has 3 N–H and O–H groups in total. The smallest absolute Gasteiger partial charge is 0.322 e. The summed E-state index contributed by atoms with van der Waals surface area (Å²) in [6.07, 6.45) is 0.138. The van der Waals surface area contributed by atoms with Crippen molar-refractivity contribution in [2.45, 2.75) is 18.9 Å². The summed E-state index contributed by atoms with van der Waals surface area (Å²) in [6, 6.07) is 11.5. The third-order valence-electron chi connectivity index (χ3n) is 4.58. The van der Waals surface area contributed by atoms with Gasteiger partial charge in [0.25, 0.3) is 5.91 Å². The number of rotatable bonds is 6. The molecule has 0 aliphatic carbocycles. The van der Waals surface area contributed by atoms with Gasteiger partial charge in [-0.2, -0.15) is 0 Å². The van der Waals surface area contributed by atoms with Crippen LogP contribution in [0.3, 0.4) is 0 Å². The fourth-order valence-electron chi connectivity index (χ4n) is 3.04. The minimum Gasteiger partial charge on any atom is -0.493 e. The Morgan fingerprint density at radius 2 is 1.82 bits per heavy atom. The first-order chi connectivity index (χ1) is 13.4. The molecule has 8 heteroatoms. The predicted octanol–water partition coefficient (Wildman–Crippen LogP) is 1.94. The van der Waals surface area contributed by atoms with Crippen LogP contribution in [0, 0.1) is 0 Å². The van der Waals surface area contributed by atoms with E-state index in [-0.39, 0.29) is 12.3 Å². The molecule has 8 nitrogen and oxygen atoms in total. The number of carbonyl (C=O) groups is 3. The number of hydrogen-bond acceptors (Lipinski definition) is 5. The maximum atomic E-state index is 12.4. The van der Waals surface area contributed by atoms with Crippen LogP contribution in [0.15, 0.2) is 42.5 Å². The molecular weight excluding hydrogens is 362 g/mol. The lowest BCUT2D eigenvalue weighted by Gasteiger charge is -2.21. The minimum absolute atomic E-state index is 0.138. The van der Waals surface area contributed by atoms with Crippen LogP contribution in [0.2, 0.25) is 0 Å². The molecule has 146 valence electrons. The lowest BCUT2D eigenvalue weighted by atomic mass is 9.92. The van der Waals surface area contributed by atoms with Gasteiger partial charge in [-0.05, 0) is 42.3 Å². The third-order valence-corrected chi connectivity index (χ3v) is 4.58. The summed E-state index contributed by atoms with van der Waals surface area (Å²) in [4.78, 5) is 36.0. The molecule has 3 rings (SSSR count). The predicted molar refractivity (Wildman–Crippen MR) is 102 cm³/mol. The molecule has 0 spiro atoms. The summed E-state index contributed by atoms with van der Waals surface area (Å²) in [6.45, 7) is 1.61. The van der Waals surface area contributed by atoms with Gasteiger partial charge in [-0.25, -0.2) is 4.79 Å². The largest absolute Gasteiger partial charge is 0.493 e. The second kappa shape index (κ2) is 7.59. The minimum atomic E-state index is -1.18. The van der Waals surface area contributed by atoms with Gasteiger partial charge in [0.15, 0.2) is 11.5 Å². The molecule has 28 heavy (non-hydrogen) atoms. The maximum Gasteiger partial charge on any atom is 0.322 e. The Hall–Kier alpha value is -3.55. The molecule has 0 aromatic heterocycles. The number of benzene rings is 2. The van der Waals surface area contributed by atoms with Crippen LogP contribution in [0.1, 0.15) is 18.1 Å². The number of methoxy groups -OCH3 is 2. The van der Waals surface area contributed by atoms with Crippen LogP contribution in [-0.4, -0.2) is 32.1 Å². The number of carbonyl (C=O) groups excluding carboxylic acids is 3. The van der Waals surface area contributed by atoms with E-state index < -0.39 is 17.5 Å². The van der Waals surface area contributed by atoms with E-state index in [1.807, 2.05) is 0 Å². The van der Waals surface area contributed by atoms with Gasteiger partial charge in [0, 0.05) is 5.69 Å². The Kier molecular flexibility index (Phi) is 5.21. The van der Waals surface area contributed by atoms with E-state index in [9.17, 15) is 14.4 Å². The fourth-order valence-corrected chi connectivity index (χ4v) is 3.04. The highest BCUT2D eigenvalue weighted by Gasteiger charge is 2.43. The lowest BCUT2D eigenvalue weighted by Crippen LogP contribution is -2.40. The molecular formula is C20H21N3O5.